The average molecular weight is 844 g/mol. The topological polar surface area (TPSA) is 12.9 Å². The van der Waals surface area contributed by atoms with E-state index in [1.165, 1.54) is 98.6 Å². The molecule has 1 heterocycles. The van der Waals surface area contributed by atoms with Crippen molar-refractivity contribution in [1.82, 2.24) is 4.98 Å². The molecule has 65 heavy (non-hydrogen) atoms. The van der Waals surface area contributed by atoms with Crippen molar-refractivity contribution < 1.29 is 0 Å². The highest BCUT2D eigenvalue weighted by Gasteiger charge is 2.24. The van der Waals surface area contributed by atoms with Crippen molar-refractivity contribution in [2.75, 3.05) is 0 Å². The molecule has 0 N–H and O–H groups in total. The maximum atomic E-state index is 5.18. The first-order valence-corrected chi connectivity index (χ1v) is 23.0. The standard InChI is InChI=1S/C63H41NS/c1-5-21-42(22-6-1)54-41-55(60(44-25-9-3-10-26-44)61(45-27-11-4-12-28-45)59(54)43-23-7-2-8-24-43)48-31-19-29-46(39-48)47-30-20-32-49(40-47)58-50-33-13-15-35-52(50)62(53-36-16-14-34-51(53)58)63-64-56-37-17-18-38-57(56)65-63/h1-41H. The van der Waals surface area contributed by atoms with Crippen molar-refractivity contribution >= 4 is 43.1 Å². The number of rotatable bonds is 8. The second-order valence-electron chi connectivity index (χ2n) is 16.6. The lowest BCUT2D eigenvalue weighted by atomic mass is 9.78. The van der Waals surface area contributed by atoms with Gasteiger partial charge in [0.2, 0.25) is 0 Å². The van der Waals surface area contributed by atoms with Gasteiger partial charge in [-0.2, -0.15) is 0 Å². The summed E-state index contributed by atoms with van der Waals surface area (Å²) in [6.07, 6.45) is 0. The van der Waals surface area contributed by atoms with Gasteiger partial charge in [0.05, 0.1) is 10.2 Å². The van der Waals surface area contributed by atoms with E-state index in [2.05, 4.69) is 249 Å². The molecule has 0 atom stereocenters. The molecule has 0 saturated carbocycles. The number of thiazole rings is 1. The van der Waals surface area contributed by atoms with E-state index in [1.54, 1.807) is 11.3 Å². The van der Waals surface area contributed by atoms with Crippen LogP contribution in [-0.2, 0) is 0 Å². The Kier molecular flexibility index (Phi) is 9.78. The molecule has 11 aromatic carbocycles. The van der Waals surface area contributed by atoms with Crippen LogP contribution in [0.2, 0.25) is 0 Å². The number of benzene rings is 11. The summed E-state index contributed by atoms with van der Waals surface area (Å²) >= 11 is 1.77. The first-order valence-electron chi connectivity index (χ1n) is 22.2. The lowest BCUT2D eigenvalue weighted by Crippen LogP contribution is -1.98. The molecule has 0 saturated heterocycles. The molecule has 1 aromatic heterocycles. The van der Waals surface area contributed by atoms with Crippen LogP contribution in [0.3, 0.4) is 0 Å². The molecule has 0 amide bonds. The molecule has 12 rings (SSSR count). The van der Waals surface area contributed by atoms with Crippen LogP contribution in [0, 0.1) is 0 Å². The van der Waals surface area contributed by atoms with E-state index in [9.17, 15) is 0 Å². The number of fused-ring (bicyclic) bond motifs is 3. The van der Waals surface area contributed by atoms with Gasteiger partial charge in [-0.15, -0.1) is 11.3 Å². The molecule has 0 unspecified atom stereocenters. The zero-order valence-electron chi connectivity index (χ0n) is 35.5. The van der Waals surface area contributed by atoms with Gasteiger partial charge in [0.15, 0.2) is 0 Å². The average Bonchev–Trinajstić information content (AvgIpc) is 3.82. The van der Waals surface area contributed by atoms with Crippen molar-refractivity contribution in [2.24, 2.45) is 0 Å². The summed E-state index contributed by atoms with van der Waals surface area (Å²) in [6, 6.07) is 90.5. The fraction of sp³-hybridized carbons (Fsp3) is 0. The molecule has 12 aromatic rings. The van der Waals surface area contributed by atoms with E-state index < -0.39 is 0 Å². The first-order chi connectivity index (χ1) is 32.3. The number of aromatic nitrogens is 1. The Labute approximate surface area is 383 Å². The van der Waals surface area contributed by atoms with Crippen LogP contribution in [0.5, 0.6) is 0 Å². The summed E-state index contributed by atoms with van der Waals surface area (Å²) in [5.74, 6) is 0. The third kappa shape index (κ3) is 6.93. The normalized spacial score (nSPS) is 11.4. The number of hydrogen-bond acceptors (Lipinski definition) is 2. The van der Waals surface area contributed by atoms with Crippen LogP contribution in [0.25, 0.3) is 120 Å². The molecule has 0 aliphatic carbocycles. The van der Waals surface area contributed by atoms with Gasteiger partial charge in [0, 0.05) is 5.56 Å². The largest absolute Gasteiger partial charge is 0.236 e. The predicted octanol–water partition coefficient (Wildman–Crippen LogP) is 17.9. The second kappa shape index (κ2) is 16.5. The van der Waals surface area contributed by atoms with Crippen LogP contribution in [0.15, 0.2) is 249 Å². The molecule has 1 nitrogen and oxygen atoms in total. The first kappa shape index (κ1) is 38.5. The quantitative estimate of drug-likeness (QED) is 0.139. The van der Waals surface area contributed by atoms with Crippen LogP contribution >= 0.6 is 11.3 Å². The molecule has 0 bridgehead atoms. The zero-order chi connectivity index (χ0) is 43.1. The third-order valence-electron chi connectivity index (χ3n) is 12.7. The highest BCUT2D eigenvalue weighted by molar-refractivity contribution is 7.21. The summed E-state index contributed by atoms with van der Waals surface area (Å²) in [5.41, 5.74) is 18.9. The minimum absolute atomic E-state index is 1.04. The van der Waals surface area contributed by atoms with Crippen LogP contribution in [0.1, 0.15) is 0 Å². The molecule has 304 valence electrons. The maximum Gasteiger partial charge on any atom is 0.125 e. The third-order valence-corrected chi connectivity index (χ3v) is 13.8. The fourth-order valence-electron chi connectivity index (χ4n) is 9.83. The van der Waals surface area contributed by atoms with Crippen LogP contribution < -0.4 is 0 Å². The Hall–Kier alpha value is -8.17. The minimum Gasteiger partial charge on any atom is -0.236 e. The fourth-order valence-corrected chi connectivity index (χ4v) is 10.9. The zero-order valence-corrected chi connectivity index (χ0v) is 36.3. The number of hydrogen-bond donors (Lipinski definition) is 0. The van der Waals surface area contributed by atoms with Crippen molar-refractivity contribution in [3.63, 3.8) is 0 Å². The number of nitrogens with zero attached hydrogens (tertiary/aromatic N) is 1. The van der Waals surface area contributed by atoms with Gasteiger partial charge in [-0.25, -0.2) is 4.98 Å². The van der Waals surface area contributed by atoms with E-state index >= 15 is 0 Å². The lowest BCUT2D eigenvalue weighted by molar-refractivity contribution is 1.50. The van der Waals surface area contributed by atoms with Crippen molar-refractivity contribution in [2.45, 2.75) is 0 Å². The van der Waals surface area contributed by atoms with Crippen molar-refractivity contribution in [3.05, 3.63) is 249 Å². The Morgan fingerprint density at radius 1 is 0.246 bits per heavy atom. The van der Waals surface area contributed by atoms with Gasteiger partial charge in [-0.1, -0.05) is 218 Å². The Bertz CT molecular complexity index is 3590. The Morgan fingerprint density at radius 3 is 1.17 bits per heavy atom. The summed E-state index contributed by atoms with van der Waals surface area (Å²) in [5, 5.41) is 5.92. The summed E-state index contributed by atoms with van der Waals surface area (Å²) in [4.78, 5) is 5.18. The molecular weight excluding hydrogens is 803 g/mol. The molecule has 0 spiro atoms. The van der Waals surface area contributed by atoms with E-state index in [0.717, 1.165) is 21.7 Å². The smallest absolute Gasteiger partial charge is 0.125 e. The van der Waals surface area contributed by atoms with Gasteiger partial charge in [0.25, 0.3) is 0 Å². The van der Waals surface area contributed by atoms with E-state index in [0.29, 0.717) is 0 Å². The number of para-hydroxylation sites is 1. The Morgan fingerprint density at radius 2 is 0.631 bits per heavy atom. The van der Waals surface area contributed by atoms with Gasteiger partial charge < -0.3 is 0 Å². The van der Waals surface area contributed by atoms with Crippen LogP contribution in [0.4, 0.5) is 0 Å². The monoisotopic (exact) mass is 843 g/mol. The molecule has 2 heteroatoms. The lowest BCUT2D eigenvalue weighted by Gasteiger charge is -2.24. The SMILES string of the molecule is c1ccc(-c2cc(-c3cccc(-c4cccc(-c5c6ccccc6c(-c6nc7ccccc7s6)c6ccccc56)c4)c3)c(-c3ccccc3)c(-c3ccccc3)c2-c2ccccc2)cc1. The van der Waals surface area contributed by atoms with Gasteiger partial charge in [-0.05, 0) is 130 Å². The van der Waals surface area contributed by atoms with Gasteiger partial charge >= 0.3 is 0 Å². The van der Waals surface area contributed by atoms with Crippen molar-refractivity contribution in [3.8, 4) is 88.5 Å². The molecule has 0 aliphatic rings. The van der Waals surface area contributed by atoms with Crippen molar-refractivity contribution in [1.29, 1.82) is 0 Å². The molecule has 0 radical (unpaired) electrons. The maximum absolute atomic E-state index is 5.18. The van der Waals surface area contributed by atoms with Gasteiger partial charge in [0.1, 0.15) is 5.01 Å². The summed E-state index contributed by atoms with van der Waals surface area (Å²) in [6.45, 7) is 0. The predicted molar refractivity (Wildman–Crippen MR) is 278 cm³/mol. The summed E-state index contributed by atoms with van der Waals surface area (Å²) < 4.78 is 1.20. The van der Waals surface area contributed by atoms with E-state index in [4.69, 9.17) is 4.98 Å². The van der Waals surface area contributed by atoms with Crippen LogP contribution in [-0.4, -0.2) is 4.98 Å². The Balaban J connectivity index is 1.08. The minimum atomic E-state index is 1.04. The second-order valence-corrected chi connectivity index (χ2v) is 17.6. The van der Waals surface area contributed by atoms with Gasteiger partial charge in [-0.3, -0.25) is 0 Å². The van der Waals surface area contributed by atoms with E-state index in [-0.39, 0.29) is 0 Å². The van der Waals surface area contributed by atoms with E-state index in [1.807, 2.05) is 0 Å². The molecular formula is C63H41NS. The highest BCUT2D eigenvalue weighted by atomic mass is 32.1. The molecule has 0 aliphatic heterocycles. The molecule has 0 fully saturated rings. The summed E-state index contributed by atoms with van der Waals surface area (Å²) in [7, 11) is 0. The highest BCUT2D eigenvalue weighted by Crippen LogP contribution is 2.51.